The lowest BCUT2D eigenvalue weighted by molar-refractivity contribution is -0.115. The summed E-state index contributed by atoms with van der Waals surface area (Å²) in [5, 5.41) is 3.60. The summed E-state index contributed by atoms with van der Waals surface area (Å²) in [5.41, 5.74) is 2.01. The van der Waals surface area contributed by atoms with Gasteiger partial charge in [0, 0.05) is 24.4 Å². The van der Waals surface area contributed by atoms with Crippen molar-refractivity contribution < 1.29 is 14.3 Å². The Labute approximate surface area is 138 Å². The van der Waals surface area contributed by atoms with Gasteiger partial charge >= 0.3 is 0 Å². The maximum Gasteiger partial charge on any atom is 0.231 e. The Bertz CT molecular complexity index is 759. The standard InChI is InChI=1S/C16H17N3O3S/c1-19-5-4-11-14(8-19)23-16(17-11)18-15(20)7-10-2-3-12-13(6-10)22-9-21-12/h2-3,6H,4-5,7-9H2,1H3,(H,17,18,20). The van der Waals surface area contributed by atoms with E-state index in [0.717, 1.165) is 36.5 Å². The van der Waals surface area contributed by atoms with Crippen LogP contribution in [0.5, 0.6) is 11.5 Å². The number of benzene rings is 1. The number of rotatable bonds is 3. The van der Waals surface area contributed by atoms with Crippen LogP contribution >= 0.6 is 11.3 Å². The first-order chi connectivity index (χ1) is 11.2. The normalized spacial score (nSPS) is 16.2. The lowest BCUT2D eigenvalue weighted by Crippen LogP contribution is -2.25. The van der Waals surface area contributed by atoms with Gasteiger partial charge in [-0.25, -0.2) is 4.98 Å². The summed E-state index contributed by atoms with van der Waals surface area (Å²) in [4.78, 5) is 20.3. The molecule has 2 aromatic rings. The average molecular weight is 331 g/mol. The number of ether oxygens (including phenoxy) is 2. The number of anilines is 1. The van der Waals surface area contributed by atoms with E-state index in [2.05, 4.69) is 22.2 Å². The zero-order valence-corrected chi connectivity index (χ0v) is 13.6. The van der Waals surface area contributed by atoms with E-state index in [1.807, 2.05) is 18.2 Å². The van der Waals surface area contributed by atoms with Crippen molar-refractivity contribution in [2.75, 3.05) is 25.7 Å². The molecule has 7 heteroatoms. The first kappa shape index (κ1) is 14.5. The molecule has 0 spiro atoms. The molecule has 0 atom stereocenters. The third-order valence-corrected chi connectivity index (χ3v) is 4.97. The Kier molecular flexibility index (Phi) is 3.66. The number of nitrogens with one attached hydrogen (secondary N) is 1. The molecule has 23 heavy (non-hydrogen) atoms. The summed E-state index contributed by atoms with van der Waals surface area (Å²) in [7, 11) is 2.10. The Morgan fingerprint density at radius 3 is 3.17 bits per heavy atom. The molecule has 1 aromatic heterocycles. The van der Waals surface area contributed by atoms with E-state index < -0.39 is 0 Å². The Balaban J connectivity index is 1.42. The van der Waals surface area contributed by atoms with E-state index in [1.54, 1.807) is 11.3 Å². The van der Waals surface area contributed by atoms with Gasteiger partial charge in [-0.15, -0.1) is 11.3 Å². The van der Waals surface area contributed by atoms with Crippen LogP contribution in [0.4, 0.5) is 5.13 Å². The summed E-state index contributed by atoms with van der Waals surface area (Å²) in [6.45, 7) is 2.16. The fourth-order valence-corrected chi connectivity index (χ4v) is 3.88. The molecule has 3 heterocycles. The van der Waals surface area contributed by atoms with Crippen LogP contribution in [0.15, 0.2) is 18.2 Å². The number of likely N-dealkylation sites (N-methyl/N-ethyl adjacent to an activating group) is 1. The molecule has 2 aliphatic rings. The minimum atomic E-state index is -0.0664. The second kappa shape index (κ2) is 5.82. The number of amides is 1. The van der Waals surface area contributed by atoms with E-state index >= 15 is 0 Å². The lowest BCUT2D eigenvalue weighted by Gasteiger charge is -2.20. The molecular formula is C16H17N3O3S. The van der Waals surface area contributed by atoms with Crippen molar-refractivity contribution in [2.24, 2.45) is 0 Å². The van der Waals surface area contributed by atoms with Crippen LogP contribution in [0.1, 0.15) is 16.1 Å². The van der Waals surface area contributed by atoms with Crippen LogP contribution in [0.2, 0.25) is 0 Å². The van der Waals surface area contributed by atoms with Crippen LogP contribution in [0.25, 0.3) is 0 Å². The van der Waals surface area contributed by atoms with E-state index in [9.17, 15) is 4.79 Å². The molecule has 0 bridgehead atoms. The predicted octanol–water partition coefficient (Wildman–Crippen LogP) is 2.04. The van der Waals surface area contributed by atoms with Crippen LogP contribution in [0, 0.1) is 0 Å². The zero-order chi connectivity index (χ0) is 15.8. The van der Waals surface area contributed by atoms with Crippen molar-refractivity contribution in [3.8, 4) is 11.5 Å². The Morgan fingerprint density at radius 1 is 1.39 bits per heavy atom. The van der Waals surface area contributed by atoms with Crippen molar-refractivity contribution in [1.29, 1.82) is 0 Å². The number of hydrogen-bond acceptors (Lipinski definition) is 6. The maximum atomic E-state index is 12.2. The van der Waals surface area contributed by atoms with Crippen molar-refractivity contribution in [1.82, 2.24) is 9.88 Å². The molecule has 4 rings (SSSR count). The van der Waals surface area contributed by atoms with Crippen LogP contribution in [-0.2, 0) is 24.2 Å². The summed E-state index contributed by atoms with van der Waals surface area (Å²) in [5.74, 6) is 1.36. The molecule has 1 amide bonds. The summed E-state index contributed by atoms with van der Waals surface area (Å²) in [6, 6.07) is 5.57. The molecule has 0 radical (unpaired) electrons. The van der Waals surface area contributed by atoms with E-state index in [1.165, 1.54) is 4.88 Å². The average Bonchev–Trinajstić information content (AvgIpc) is 3.11. The van der Waals surface area contributed by atoms with Gasteiger partial charge in [0.25, 0.3) is 0 Å². The monoisotopic (exact) mass is 331 g/mol. The molecule has 0 saturated carbocycles. The molecular weight excluding hydrogens is 314 g/mol. The minimum Gasteiger partial charge on any atom is -0.454 e. The SMILES string of the molecule is CN1CCc2nc(NC(=O)Cc3ccc4c(c3)OCO4)sc2C1. The highest BCUT2D eigenvalue weighted by Crippen LogP contribution is 2.33. The number of hydrogen-bond donors (Lipinski definition) is 1. The third kappa shape index (κ3) is 3.02. The summed E-state index contributed by atoms with van der Waals surface area (Å²) < 4.78 is 10.6. The fraction of sp³-hybridized carbons (Fsp3) is 0.375. The molecule has 120 valence electrons. The summed E-state index contributed by atoms with van der Waals surface area (Å²) in [6.07, 6.45) is 1.24. The number of thiazole rings is 1. The molecule has 0 fully saturated rings. The van der Waals surface area contributed by atoms with Crippen LogP contribution in [0.3, 0.4) is 0 Å². The van der Waals surface area contributed by atoms with Crippen molar-refractivity contribution >= 4 is 22.4 Å². The van der Waals surface area contributed by atoms with Crippen LogP contribution in [-0.4, -0.2) is 36.2 Å². The molecule has 0 aliphatic carbocycles. The maximum absolute atomic E-state index is 12.2. The van der Waals surface area contributed by atoms with Crippen molar-refractivity contribution in [3.05, 3.63) is 34.3 Å². The van der Waals surface area contributed by atoms with Crippen molar-refractivity contribution in [3.63, 3.8) is 0 Å². The molecule has 1 aromatic carbocycles. The van der Waals surface area contributed by atoms with Gasteiger partial charge in [0.05, 0.1) is 12.1 Å². The third-order valence-electron chi connectivity index (χ3n) is 3.97. The van der Waals surface area contributed by atoms with Gasteiger partial charge < -0.3 is 19.7 Å². The van der Waals surface area contributed by atoms with Gasteiger partial charge in [-0.05, 0) is 24.7 Å². The minimum absolute atomic E-state index is 0.0664. The highest BCUT2D eigenvalue weighted by atomic mass is 32.1. The predicted molar refractivity (Wildman–Crippen MR) is 87.1 cm³/mol. The number of aromatic nitrogens is 1. The van der Waals surface area contributed by atoms with Gasteiger partial charge in [0.1, 0.15) is 0 Å². The molecule has 2 aliphatic heterocycles. The quantitative estimate of drug-likeness (QED) is 0.932. The second-order valence-electron chi connectivity index (χ2n) is 5.79. The van der Waals surface area contributed by atoms with E-state index in [0.29, 0.717) is 17.3 Å². The van der Waals surface area contributed by atoms with Gasteiger partial charge in [0.2, 0.25) is 12.7 Å². The van der Waals surface area contributed by atoms with Gasteiger partial charge in [0.15, 0.2) is 16.6 Å². The fourth-order valence-electron chi connectivity index (χ4n) is 2.78. The molecule has 1 N–H and O–H groups in total. The molecule has 0 unspecified atom stereocenters. The van der Waals surface area contributed by atoms with Gasteiger partial charge in [-0.2, -0.15) is 0 Å². The first-order valence-electron chi connectivity index (χ1n) is 7.53. The second-order valence-corrected chi connectivity index (χ2v) is 6.87. The highest BCUT2D eigenvalue weighted by molar-refractivity contribution is 7.15. The number of carbonyl (C=O) groups excluding carboxylic acids is 1. The van der Waals surface area contributed by atoms with E-state index in [4.69, 9.17) is 9.47 Å². The summed E-state index contributed by atoms with van der Waals surface area (Å²) >= 11 is 1.57. The molecule has 6 nitrogen and oxygen atoms in total. The number of nitrogens with zero attached hydrogens (tertiary/aromatic N) is 2. The zero-order valence-electron chi connectivity index (χ0n) is 12.8. The largest absolute Gasteiger partial charge is 0.454 e. The van der Waals surface area contributed by atoms with E-state index in [-0.39, 0.29) is 12.7 Å². The Morgan fingerprint density at radius 2 is 2.26 bits per heavy atom. The van der Waals surface area contributed by atoms with Gasteiger partial charge in [-0.1, -0.05) is 6.07 Å². The van der Waals surface area contributed by atoms with Gasteiger partial charge in [-0.3, -0.25) is 4.79 Å². The lowest BCUT2D eigenvalue weighted by atomic mass is 10.1. The highest BCUT2D eigenvalue weighted by Gasteiger charge is 2.19. The Hall–Kier alpha value is -2.12. The first-order valence-corrected chi connectivity index (χ1v) is 8.34. The topological polar surface area (TPSA) is 63.7 Å². The van der Waals surface area contributed by atoms with Crippen LogP contribution < -0.4 is 14.8 Å². The molecule has 0 saturated heterocycles. The number of fused-ring (bicyclic) bond motifs is 2. The number of carbonyl (C=O) groups is 1. The van der Waals surface area contributed by atoms with Crippen molar-refractivity contribution in [2.45, 2.75) is 19.4 Å². The smallest absolute Gasteiger partial charge is 0.231 e.